The fourth-order valence-electron chi connectivity index (χ4n) is 2.33. The molecule has 0 atom stereocenters. The molecule has 0 fully saturated rings. The minimum Gasteiger partial charge on any atom is -0.508 e. The van der Waals surface area contributed by atoms with Crippen LogP contribution in [0.25, 0.3) is 5.57 Å². The van der Waals surface area contributed by atoms with Crippen molar-refractivity contribution in [3.63, 3.8) is 0 Å². The molecule has 0 saturated heterocycles. The molecule has 1 heteroatoms. The number of benzene rings is 1. The second-order valence-electron chi connectivity index (χ2n) is 4.94. The first kappa shape index (κ1) is 11.7. The number of hydrogen-bond acceptors (Lipinski definition) is 1. The Morgan fingerprint density at radius 1 is 1.29 bits per heavy atom. The minimum atomic E-state index is -0.110. The van der Waals surface area contributed by atoms with Gasteiger partial charge in [-0.1, -0.05) is 44.7 Å². The van der Waals surface area contributed by atoms with Crippen molar-refractivity contribution in [3.05, 3.63) is 59.7 Å². The zero-order chi connectivity index (χ0) is 12.6. The van der Waals surface area contributed by atoms with Gasteiger partial charge >= 0.3 is 0 Å². The molecular formula is C16H18O. The highest BCUT2D eigenvalue weighted by atomic mass is 16.3. The third-order valence-electron chi connectivity index (χ3n) is 3.50. The van der Waals surface area contributed by atoms with Crippen LogP contribution in [0.1, 0.15) is 31.9 Å². The monoisotopic (exact) mass is 226 g/mol. The van der Waals surface area contributed by atoms with Crippen molar-refractivity contribution < 1.29 is 5.11 Å². The highest BCUT2D eigenvalue weighted by molar-refractivity contribution is 5.90. The Morgan fingerprint density at radius 3 is 2.65 bits per heavy atom. The van der Waals surface area contributed by atoms with Gasteiger partial charge in [0.15, 0.2) is 0 Å². The Morgan fingerprint density at radius 2 is 2.00 bits per heavy atom. The van der Waals surface area contributed by atoms with Crippen LogP contribution in [0.3, 0.4) is 0 Å². The van der Waals surface area contributed by atoms with E-state index in [9.17, 15) is 5.11 Å². The Labute approximate surface area is 103 Å². The molecule has 1 nitrogen and oxygen atoms in total. The van der Waals surface area contributed by atoms with Crippen molar-refractivity contribution in [1.82, 2.24) is 0 Å². The summed E-state index contributed by atoms with van der Waals surface area (Å²) in [6, 6.07) is 5.55. The largest absolute Gasteiger partial charge is 0.508 e. The van der Waals surface area contributed by atoms with Crippen LogP contribution in [0.4, 0.5) is 0 Å². The van der Waals surface area contributed by atoms with Gasteiger partial charge in [-0.2, -0.15) is 0 Å². The molecule has 0 aromatic heterocycles. The lowest BCUT2D eigenvalue weighted by molar-refractivity contribution is 0.473. The summed E-state index contributed by atoms with van der Waals surface area (Å²) in [6.07, 6.45) is 6.12. The van der Waals surface area contributed by atoms with E-state index in [1.165, 1.54) is 11.1 Å². The van der Waals surface area contributed by atoms with Crippen LogP contribution in [0.5, 0.6) is 5.75 Å². The fraction of sp³-hybridized carbons (Fsp3) is 0.250. The Kier molecular flexibility index (Phi) is 2.70. The third-order valence-corrected chi connectivity index (χ3v) is 3.50. The lowest BCUT2D eigenvalue weighted by Gasteiger charge is -2.20. The second kappa shape index (κ2) is 3.92. The number of aromatic hydroxyl groups is 1. The topological polar surface area (TPSA) is 20.2 Å². The number of fused-ring (bicyclic) bond motifs is 1. The average Bonchev–Trinajstić information content (AvgIpc) is 2.47. The molecule has 0 bridgehead atoms. The van der Waals surface area contributed by atoms with E-state index in [1.54, 1.807) is 6.07 Å². The summed E-state index contributed by atoms with van der Waals surface area (Å²) in [6.45, 7) is 10.5. The predicted octanol–water partition coefficient (Wildman–Crippen LogP) is 4.20. The van der Waals surface area contributed by atoms with Crippen molar-refractivity contribution >= 4 is 5.57 Å². The maximum atomic E-state index is 9.61. The summed E-state index contributed by atoms with van der Waals surface area (Å²) in [7, 11) is 0. The number of allylic oxidation sites excluding steroid dienone is 5. The molecule has 0 aliphatic heterocycles. The molecule has 88 valence electrons. The molecule has 0 heterocycles. The number of phenols is 1. The number of hydrogen-bond donors (Lipinski definition) is 1. The molecule has 1 N–H and O–H groups in total. The van der Waals surface area contributed by atoms with Gasteiger partial charge in [0.05, 0.1) is 0 Å². The molecule has 2 rings (SSSR count). The lowest BCUT2D eigenvalue weighted by Crippen LogP contribution is -2.14. The van der Waals surface area contributed by atoms with Crippen LogP contribution in [-0.4, -0.2) is 5.11 Å². The van der Waals surface area contributed by atoms with Gasteiger partial charge in [0.2, 0.25) is 0 Å². The van der Waals surface area contributed by atoms with E-state index in [-0.39, 0.29) is 5.41 Å². The van der Waals surface area contributed by atoms with Gasteiger partial charge in [-0.3, -0.25) is 0 Å². The number of phenolic OH excluding ortho intramolecular Hbond substituents is 1. The molecule has 1 aromatic carbocycles. The summed E-state index contributed by atoms with van der Waals surface area (Å²) in [5.74, 6) is 0.317. The van der Waals surface area contributed by atoms with Crippen molar-refractivity contribution in [2.24, 2.45) is 0 Å². The van der Waals surface area contributed by atoms with Crippen LogP contribution in [0, 0.1) is 0 Å². The maximum absolute atomic E-state index is 9.61. The van der Waals surface area contributed by atoms with Crippen molar-refractivity contribution in [2.45, 2.75) is 26.2 Å². The van der Waals surface area contributed by atoms with E-state index in [0.717, 1.165) is 11.1 Å². The van der Waals surface area contributed by atoms with Crippen molar-refractivity contribution in [1.29, 1.82) is 0 Å². The lowest BCUT2D eigenvalue weighted by atomic mass is 9.83. The van der Waals surface area contributed by atoms with Crippen LogP contribution >= 0.6 is 0 Å². The molecule has 0 spiro atoms. The Bertz CT molecular complexity index is 530. The van der Waals surface area contributed by atoms with Crippen molar-refractivity contribution in [3.8, 4) is 5.75 Å². The fourth-order valence-corrected chi connectivity index (χ4v) is 2.33. The van der Waals surface area contributed by atoms with Gasteiger partial charge in [-0.05, 0) is 41.3 Å². The minimum absolute atomic E-state index is 0.110. The molecule has 1 aliphatic rings. The van der Waals surface area contributed by atoms with Crippen LogP contribution in [0.2, 0.25) is 0 Å². The Balaban J connectivity index is 2.68. The van der Waals surface area contributed by atoms with E-state index in [4.69, 9.17) is 0 Å². The molecule has 0 radical (unpaired) electrons. The standard InChI is InChI=1S/C16H18O/c1-5-6-7-13-11(2)16(3,4)15-10-12(17)8-9-14(13)15/h5-10,17H,2H2,1,3-4H3/b6-5-,13-7+. The van der Waals surface area contributed by atoms with Crippen molar-refractivity contribution in [2.75, 3.05) is 0 Å². The highest BCUT2D eigenvalue weighted by Crippen LogP contribution is 2.49. The zero-order valence-corrected chi connectivity index (χ0v) is 10.6. The van der Waals surface area contributed by atoms with E-state index in [2.05, 4.69) is 26.5 Å². The molecule has 1 aliphatic carbocycles. The smallest absolute Gasteiger partial charge is 0.115 e. The quantitative estimate of drug-likeness (QED) is 0.761. The summed E-state index contributed by atoms with van der Waals surface area (Å²) >= 11 is 0. The molecule has 17 heavy (non-hydrogen) atoms. The van der Waals surface area contributed by atoms with Crippen LogP contribution < -0.4 is 0 Å². The molecule has 0 amide bonds. The maximum Gasteiger partial charge on any atom is 0.115 e. The SMILES string of the molecule is C=C1/C(=C\C=C/C)c2ccc(O)cc2C1(C)C. The molecular weight excluding hydrogens is 208 g/mol. The zero-order valence-electron chi connectivity index (χ0n) is 10.6. The summed E-state index contributed by atoms with van der Waals surface area (Å²) < 4.78 is 0. The average molecular weight is 226 g/mol. The summed E-state index contributed by atoms with van der Waals surface area (Å²) in [4.78, 5) is 0. The first-order valence-corrected chi connectivity index (χ1v) is 5.85. The third kappa shape index (κ3) is 1.72. The van der Waals surface area contributed by atoms with E-state index in [1.807, 2.05) is 31.2 Å². The van der Waals surface area contributed by atoms with Gasteiger partial charge < -0.3 is 5.11 Å². The normalized spacial score (nSPS) is 20.2. The van der Waals surface area contributed by atoms with Gasteiger partial charge in [-0.25, -0.2) is 0 Å². The van der Waals surface area contributed by atoms with E-state index < -0.39 is 0 Å². The first-order valence-electron chi connectivity index (χ1n) is 5.85. The molecule has 0 unspecified atom stereocenters. The highest BCUT2D eigenvalue weighted by Gasteiger charge is 2.36. The second-order valence-corrected chi connectivity index (χ2v) is 4.94. The van der Waals surface area contributed by atoms with Gasteiger partial charge in [0.1, 0.15) is 5.75 Å². The van der Waals surface area contributed by atoms with Gasteiger partial charge in [-0.15, -0.1) is 0 Å². The molecule has 0 saturated carbocycles. The van der Waals surface area contributed by atoms with Crippen LogP contribution in [-0.2, 0) is 5.41 Å². The first-order chi connectivity index (χ1) is 7.98. The summed E-state index contributed by atoms with van der Waals surface area (Å²) in [5, 5.41) is 9.61. The Hall–Kier alpha value is -1.76. The predicted molar refractivity (Wildman–Crippen MR) is 73.1 cm³/mol. The van der Waals surface area contributed by atoms with E-state index >= 15 is 0 Å². The molecule has 1 aromatic rings. The van der Waals surface area contributed by atoms with Gasteiger partial charge in [0, 0.05) is 5.41 Å². The van der Waals surface area contributed by atoms with Gasteiger partial charge in [0.25, 0.3) is 0 Å². The van der Waals surface area contributed by atoms with E-state index in [0.29, 0.717) is 5.75 Å². The number of rotatable bonds is 1. The van der Waals surface area contributed by atoms with Crippen LogP contribution in [0.15, 0.2) is 48.6 Å². The summed E-state index contributed by atoms with van der Waals surface area (Å²) in [5.41, 5.74) is 4.50.